The van der Waals surface area contributed by atoms with Gasteiger partial charge >= 0.3 is 0 Å². The summed E-state index contributed by atoms with van der Waals surface area (Å²) < 4.78 is 0. The van der Waals surface area contributed by atoms with E-state index in [1.165, 1.54) is 11.3 Å². The molecule has 2 aliphatic rings. The summed E-state index contributed by atoms with van der Waals surface area (Å²) in [6.45, 7) is 4.06. The Labute approximate surface area is 118 Å². The molecule has 1 atom stereocenters. The first-order chi connectivity index (χ1) is 9.25. The molecule has 2 heterocycles. The summed E-state index contributed by atoms with van der Waals surface area (Å²) >= 11 is 1.94. The largest absolute Gasteiger partial charge is 0.385 e. The number of carbonyl (C=O) groups excluding carboxylic acids is 1. The molecule has 0 aromatic heterocycles. The van der Waals surface area contributed by atoms with Crippen molar-refractivity contribution in [2.24, 2.45) is 0 Å². The molecule has 0 spiro atoms. The number of aryl methyl sites for hydroxylation is 1. The Balaban J connectivity index is 1.83. The van der Waals surface area contributed by atoms with Crippen LogP contribution in [-0.4, -0.2) is 41.4 Å². The van der Waals surface area contributed by atoms with E-state index in [0.29, 0.717) is 6.04 Å². The summed E-state index contributed by atoms with van der Waals surface area (Å²) in [5.74, 6) is 2.31. The Hall–Kier alpha value is -1.16. The van der Waals surface area contributed by atoms with Crippen LogP contribution in [0.25, 0.3) is 0 Å². The van der Waals surface area contributed by atoms with Crippen LogP contribution in [0.1, 0.15) is 29.3 Å². The zero-order chi connectivity index (χ0) is 13.2. The second kappa shape index (κ2) is 5.45. The number of fused-ring (bicyclic) bond motifs is 1. The molecule has 0 bridgehead atoms. The fourth-order valence-electron chi connectivity index (χ4n) is 2.80. The molecular formula is C15H20N2OS. The molecule has 0 radical (unpaired) electrons. The standard InChI is InChI=1S/C15H20N2OS/c1-11-10-19-8-7-17(11)15(18)13-4-5-14-12(9-13)3-2-6-16-14/h4-5,9,11,16H,2-3,6-8,10H2,1H3. The first-order valence-electron chi connectivity index (χ1n) is 7.01. The second-order valence-corrected chi connectivity index (χ2v) is 6.47. The van der Waals surface area contributed by atoms with E-state index in [4.69, 9.17) is 0 Å². The normalized spacial score (nSPS) is 22.6. The Kier molecular flexibility index (Phi) is 3.69. The molecule has 19 heavy (non-hydrogen) atoms. The molecule has 2 aliphatic heterocycles. The number of carbonyl (C=O) groups is 1. The number of hydrogen-bond acceptors (Lipinski definition) is 3. The topological polar surface area (TPSA) is 32.3 Å². The van der Waals surface area contributed by atoms with Crippen LogP contribution in [0.15, 0.2) is 18.2 Å². The third-order valence-electron chi connectivity index (χ3n) is 3.92. The number of hydrogen-bond donors (Lipinski definition) is 1. The van der Waals surface area contributed by atoms with Crippen LogP contribution >= 0.6 is 11.8 Å². The van der Waals surface area contributed by atoms with Gasteiger partial charge in [-0.05, 0) is 43.5 Å². The van der Waals surface area contributed by atoms with Gasteiger partial charge in [-0.25, -0.2) is 0 Å². The van der Waals surface area contributed by atoms with Gasteiger partial charge in [0.25, 0.3) is 5.91 Å². The highest BCUT2D eigenvalue weighted by Gasteiger charge is 2.25. The lowest BCUT2D eigenvalue weighted by Crippen LogP contribution is -2.44. The van der Waals surface area contributed by atoms with Crippen LogP contribution in [0.3, 0.4) is 0 Å². The molecule has 1 fully saturated rings. The van der Waals surface area contributed by atoms with Gasteiger partial charge in [-0.3, -0.25) is 4.79 Å². The molecule has 3 nitrogen and oxygen atoms in total. The average molecular weight is 276 g/mol. The predicted molar refractivity (Wildman–Crippen MR) is 81.1 cm³/mol. The fourth-order valence-corrected chi connectivity index (χ4v) is 3.82. The van der Waals surface area contributed by atoms with Crippen molar-refractivity contribution < 1.29 is 4.79 Å². The summed E-state index contributed by atoms with van der Waals surface area (Å²) in [7, 11) is 0. The molecule has 102 valence electrons. The van der Waals surface area contributed by atoms with Gasteiger partial charge in [-0.15, -0.1) is 0 Å². The molecule has 1 aromatic carbocycles. The van der Waals surface area contributed by atoms with Crippen molar-refractivity contribution in [1.29, 1.82) is 0 Å². The summed E-state index contributed by atoms with van der Waals surface area (Å²) in [4.78, 5) is 14.6. The lowest BCUT2D eigenvalue weighted by atomic mass is 10.00. The van der Waals surface area contributed by atoms with E-state index in [9.17, 15) is 4.79 Å². The minimum Gasteiger partial charge on any atom is -0.385 e. The van der Waals surface area contributed by atoms with Gasteiger partial charge < -0.3 is 10.2 Å². The maximum atomic E-state index is 12.6. The van der Waals surface area contributed by atoms with Crippen LogP contribution < -0.4 is 5.32 Å². The summed E-state index contributed by atoms with van der Waals surface area (Å²) in [6.07, 6.45) is 2.23. The van der Waals surface area contributed by atoms with Crippen LogP contribution in [0.5, 0.6) is 0 Å². The number of nitrogens with one attached hydrogen (secondary N) is 1. The number of amides is 1. The number of nitrogens with zero attached hydrogens (tertiary/aromatic N) is 1. The zero-order valence-corrected chi connectivity index (χ0v) is 12.1. The molecule has 4 heteroatoms. The Bertz CT molecular complexity index is 489. The van der Waals surface area contributed by atoms with Crippen LogP contribution in [0, 0.1) is 0 Å². The number of thioether (sulfide) groups is 1. The van der Waals surface area contributed by atoms with Gasteiger partial charge in [-0.1, -0.05) is 0 Å². The molecular weight excluding hydrogens is 256 g/mol. The van der Waals surface area contributed by atoms with Crippen molar-refractivity contribution in [3.63, 3.8) is 0 Å². The fraction of sp³-hybridized carbons (Fsp3) is 0.533. The Morgan fingerprint density at radius 1 is 1.47 bits per heavy atom. The van der Waals surface area contributed by atoms with Crippen molar-refractivity contribution >= 4 is 23.4 Å². The lowest BCUT2D eigenvalue weighted by molar-refractivity contribution is 0.0716. The number of anilines is 1. The summed E-state index contributed by atoms with van der Waals surface area (Å²) in [6, 6.07) is 6.46. The molecule has 1 amide bonds. The SMILES string of the molecule is CC1CSCCN1C(=O)c1ccc2c(c1)CCCN2. The van der Waals surface area contributed by atoms with Crippen molar-refractivity contribution in [2.75, 3.05) is 29.9 Å². The Morgan fingerprint density at radius 3 is 3.21 bits per heavy atom. The lowest BCUT2D eigenvalue weighted by Gasteiger charge is -2.33. The molecule has 3 rings (SSSR count). The summed E-state index contributed by atoms with van der Waals surface area (Å²) in [5.41, 5.74) is 3.34. The highest BCUT2D eigenvalue weighted by molar-refractivity contribution is 7.99. The van der Waals surface area contributed by atoms with Gasteiger partial charge in [0.2, 0.25) is 0 Å². The molecule has 1 N–H and O–H groups in total. The third-order valence-corrected chi connectivity index (χ3v) is 5.11. The number of rotatable bonds is 1. The van der Waals surface area contributed by atoms with E-state index in [1.54, 1.807) is 0 Å². The van der Waals surface area contributed by atoms with Crippen LogP contribution in [-0.2, 0) is 6.42 Å². The minimum atomic E-state index is 0.196. The quantitative estimate of drug-likeness (QED) is 0.856. The van der Waals surface area contributed by atoms with Crippen molar-refractivity contribution in [1.82, 2.24) is 4.90 Å². The van der Waals surface area contributed by atoms with Gasteiger partial charge in [0.15, 0.2) is 0 Å². The van der Waals surface area contributed by atoms with E-state index in [1.807, 2.05) is 22.7 Å². The van der Waals surface area contributed by atoms with Crippen molar-refractivity contribution in [2.45, 2.75) is 25.8 Å². The van der Waals surface area contributed by atoms with E-state index >= 15 is 0 Å². The van der Waals surface area contributed by atoms with E-state index in [0.717, 1.165) is 43.0 Å². The molecule has 1 aromatic rings. The van der Waals surface area contributed by atoms with Gasteiger partial charge in [-0.2, -0.15) is 11.8 Å². The maximum Gasteiger partial charge on any atom is 0.254 e. The first-order valence-corrected chi connectivity index (χ1v) is 8.16. The van der Waals surface area contributed by atoms with Crippen molar-refractivity contribution in [3.05, 3.63) is 29.3 Å². The van der Waals surface area contributed by atoms with E-state index in [2.05, 4.69) is 24.4 Å². The third kappa shape index (κ3) is 2.59. The zero-order valence-electron chi connectivity index (χ0n) is 11.3. The maximum absolute atomic E-state index is 12.6. The van der Waals surface area contributed by atoms with E-state index in [-0.39, 0.29) is 5.91 Å². The van der Waals surface area contributed by atoms with Crippen molar-refractivity contribution in [3.8, 4) is 0 Å². The van der Waals surface area contributed by atoms with Crippen LogP contribution in [0.2, 0.25) is 0 Å². The van der Waals surface area contributed by atoms with Gasteiger partial charge in [0, 0.05) is 41.9 Å². The highest BCUT2D eigenvalue weighted by Crippen LogP contribution is 2.25. The van der Waals surface area contributed by atoms with Gasteiger partial charge in [0.05, 0.1) is 0 Å². The monoisotopic (exact) mass is 276 g/mol. The predicted octanol–water partition coefficient (Wildman–Crippen LogP) is 2.62. The second-order valence-electron chi connectivity index (χ2n) is 5.32. The van der Waals surface area contributed by atoms with Gasteiger partial charge in [0.1, 0.15) is 0 Å². The molecule has 1 saturated heterocycles. The highest BCUT2D eigenvalue weighted by atomic mass is 32.2. The minimum absolute atomic E-state index is 0.196. The molecule has 0 aliphatic carbocycles. The first kappa shape index (κ1) is 12.9. The average Bonchev–Trinajstić information content (AvgIpc) is 2.46. The summed E-state index contributed by atoms with van der Waals surface area (Å²) in [5, 5.41) is 3.39. The smallest absolute Gasteiger partial charge is 0.254 e. The number of benzene rings is 1. The Morgan fingerprint density at radius 2 is 2.37 bits per heavy atom. The van der Waals surface area contributed by atoms with E-state index < -0.39 is 0 Å². The van der Waals surface area contributed by atoms with Crippen LogP contribution in [0.4, 0.5) is 5.69 Å². The molecule has 0 saturated carbocycles. The molecule has 1 unspecified atom stereocenters.